The predicted molar refractivity (Wildman–Crippen MR) is 86.8 cm³/mol. The molecule has 0 heterocycles. The summed E-state index contributed by atoms with van der Waals surface area (Å²) in [5.74, 6) is 0.844. The number of aliphatic hydroxyl groups is 1. The molecule has 2 nitrogen and oxygen atoms in total. The Morgan fingerprint density at radius 3 is 2.24 bits per heavy atom. The highest BCUT2D eigenvalue weighted by Gasteiger charge is 2.19. The van der Waals surface area contributed by atoms with Gasteiger partial charge in [-0.1, -0.05) is 68.8 Å². The van der Waals surface area contributed by atoms with Crippen molar-refractivity contribution in [2.75, 3.05) is 6.61 Å². The molecule has 2 rings (SSSR count). The topological polar surface area (TPSA) is 29.5 Å². The largest absolute Gasteiger partial charge is 0.490 e. The number of aliphatic hydroxyl groups excluding tert-OH is 1. The van der Waals surface area contributed by atoms with Crippen LogP contribution < -0.4 is 4.74 Å². The maximum Gasteiger partial charge on any atom is 0.123 e. The van der Waals surface area contributed by atoms with Crippen LogP contribution in [-0.2, 0) is 5.41 Å². The molecule has 21 heavy (non-hydrogen) atoms. The average Bonchev–Trinajstić information content (AvgIpc) is 2.45. The number of para-hydroxylation sites is 1. The van der Waals surface area contributed by atoms with Crippen molar-refractivity contribution in [3.8, 4) is 5.75 Å². The number of hydrogen-bond acceptors (Lipinski definition) is 2. The average molecular weight is 284 g/mol. The molecule has 0 aliphatic heterocycles. The van der Waals surface area contributed by atoms with Gasteiger partial charge in [0.25, 0.3) is 0 Å². The van der Waals surface area contributed by atoms with Crippen LogP contribution in [0.25, 0.3) is 0 Å². The van der Waals surface area contributed by atoms with Crippen molar-refractivity contribution >= 4 is 0 Å². The molecule has 0 aliphatic carbocycles. The van der Waals surface area contributed by atoms with Crippen molar-refractivity contribution in [3.63, 3.8) is 0 Å². The van der Waals surface area contributed by atoms with Gasteiger partial charge in [0.15, 0.2) is 0 Å². The zero-order valence-electron chi connectivity index (χ0n) is 13.3. The normalized spacial score (nSPS) is 13.0. The molecule has 2 aromatic carbocycles. The molecule has 2 heteroatoms. The van der Waals surface area contributed by atoms with Crippen molar-refractivity contribution in [2.45, 2.75) is 39.2 Å². The number of ether oxygens (including phenoxy) is 1. The molecular weight excluding hydrogens is 260 g/mol. The highest BCUT2D eigenvalue weighted by molar-refractivity contribution is 5.38. The summed E-state index contributed by atoms with van der Waals surface area (Å²) in [6.45, 7) is 8.77. The van der Waals surface area contributed by atoms with Gasteiger partial charge in [0.2, 0.25) is 0 Å². The Hall–Kier alpha value is -1.80. The molecular formula is C19H24O2. The predicted octanol–water partition coefficient (Wildman–Crippen LogP) is 4.40. The quantitative estimate of drug-likeness (QED) is 0.901. The lowest BCUT2D eigenvalue weighted by atomic mass is 9.86. The summed E-state index contributed by atoms with van der Waals surface area (Å²) in [5.41, 5.74) is 3.24. The van der Waals surface area contributed by atoms with Crippen molar-refractivity contribution in [1.29, 1.82) is 0 Å². The van der Waals surface area contributed by atoms with Crippen molar-refractivity contribution < 1.29 is 9.84 Å². The van der Waals surface area contributed by atoms with Gasteiger partial charge in [-0.2, -0.15) is 0 Å². The summed E-state index contributed by atoms with van der Waals surface area (Å²) in [6.07, 6.45) is -0.612. The minimum Gasteiger partial charge on any atom is -0.490 e. The summed E-state index contributed by atoms with van der Waals surface area (Å²) >= 11 is 0. The Morgan fingerprint density at radius 1 is 1.00 bits per heavy atom. The third-order valence-corrected chi connectivity index (χ3v) is 3.55. The first-order chi connectivity index (χ1) is 9.88. The van der Waals surface area contributed by atoms with Crippen LogP contribution in [0.15, 0.2) is 48.5 Å². The van der Waals surface area contributed by atoms with Gasteiger partial charge in [-0.3, -0.25) is 0 Å². The highest BCUT2D eigenvalue weighted by atomic mass is 16.5. The van der Waals surface area contributed by atoms with E-state index in [9.17, 15) is 5.11 Å². The van der Waals surface area contributed by atoms with Gasteiger partial charge in [0.1, 0.15) is 18.5 Å². The highest BCUT2D eigenvalue weighted by Crippen LogP contribution is 2.31. The first-order valence-electron chi connectivity index (χ1n) is 7.35. The first kappa shape index (κ1) is 15.6. The molecule has 0 bridgehead atoms. The maximum atomic E-state index is 10.2. The second-order valence-corrected chi connectivity index (χ2v) is 6.48. The molecule has 0 aliphatic rings. The van der Waals surface area contributed by atoms with E-state index in [4.69, 9.17) is 4.74 Å². The lowest BCUT2D eigenvalue weighted by Gasteiger charge is -2.23. The fourth-order valence-corrected chi connectivity index (χ4v) is 2.27. The number of rotatable bonds is 4. The molecule has 112 valence electrons. The van der Waals surface area contributed by atoms with E-state index in [1.807, 2.05) is 49.4 Å². The van der Waals surface area contributed by atoms with Gasteiger partial charge < -0.3 is 9.84 Å². The first-order valence-corrected chi connectivity index (χ1v) is 7.35. The minimum absolute atomic E-state index is 0.0193. The van der Waals surface area contributed by atoms with E-state index in [1.54, 1.807) is 0 Å². The van der Waals surface area contributed by atoms with E-state index < -0.39 is 6.10 Å². The smallest absolute Gasteiger partial charge is 0.123 e. The van der Waals surface area contributed by atoms with Gasteiger partial charge >= 0.3 is 0 Å². The second kappa shape index (κ2) is 6.31. The summed E-state index contributed by atoms with van der Waals surface area (Å²) in [7, 11) is 0. The monoisotopic (exact) mass is 284 g/mol. The molecule has 0 saturated carbocycles. The number of benzene rings is 2. The van der Waals surface area contributed by atoms with Gasteiger partial charge in [0, 0.05) is 0 Å². The third-order valence-electron chi connectivity index (χ3n) is 3.55. The van der Waals surface area contributed by atoms with Crippen LogP contribution >= 0.6 is 0 Å². The summed E-state index contributed by atoms with van der Waals surface area (Å²) in [6, 6.07) is 15.9. The van der Waals surface area contributed by atoms with Gasteiger partial charge in [0.05, 0.1) is 0 Å². The summed E-state index contributed by atoms with van der Waals surface area (Å²) < 4.78 is 5.86. The maximum absolute atomic E-state index is 10.2. The van der Waals surface area contributed by atoms with Crippen molar-refractivity contribution in [2.24, 2.45) is 0 Å². The van der Waals surface area contributed by atoms with Crippen LogP contribution in [0.1, 0.15) is 43.6 Å². The number of aryl methyl sites for hydroxylation is 1. The standard InChI is InChI=1S/C19H24O2/c1-14-9-11-15(12-10-14)17(20)13-21-18-8-6-5-7-16(18)19(2,3)4/h5-12,17,20H,13H2,1-4H3. The minimum atomic E-state index is -0.612. The zero-order chi connectivity index (χ0) is 15.5. The molecule has 0 aromatic heterocycles. The summed E-state index contributed by atoms with van der Waals surface area (Å²) in [4.78, 5) is 0. The Labute approximate surface area is 127 Å². The summed E-state index contributed by atoms with van der Waals surface area (Å²) in [5, 5.41) is 10.2. The Morgan fingerprint density at radius 2 is 1.62 bits per heavy atom. The number of hydrogen-bond donors (Lipinski definition) is 1. The van der Waals surface area contributed by atoms with Crippen LogP contribution in [0, 0.1) is 6.92 Å². The molecule has 1 N–H and O–H groups in total. The van der Waals surface area contributed by atoms with Crippen LogP contribution in [0.5, 0.6) is 5.75 Å². The zero-order valence-corrected chi connectivity index (χ0v) is 13.3. The molecule has 0 saturated heterocycles. The Kier molecular flexibility index (Phi) is 4.69. The van der Waals surface area contributed by atoms with E-state index >= 15 is 0 Å². The Bertz CT molecular complexity index is 579. The molecule has 2 aromatic rings. The molecule has 1 unspecified atom stereocenters. The van der Waals surface area contributed by atoms with Gasteiger partial charge in [-0.25, -0.2) is 0 Å². The van der Waals surface area contributed by atoms with Crippen LogP contribution in [0.4, 0.5) is 0 Å². The Balaban J connectivity index is 2.08. The lowest BCUT2D eigenvalue weighted by molar-refractivity contribution is 0.107. The van der Waals surface area contributed by atoms with E-state index in [1.165, 1.54) is 5.56 Å². The van der Waals surface area contributed by atoms with Crippen LogP contribution in [-0.4, -0.2) is 11.7 Å². The van der Waals surface area contributed by atoms with Crippen LogP contribution in [0.2, 0.25) is 0 Å². The molecule has 0 radical (unpaired) electrons. The third kappa shape index (κ3) is 4.08. The van der Waals surface area contributed by atoms with Crippen LogP contribution in [0.3, 0.4) is 0 Å². The molecule has 0 amide bonds. The van der Waals surface area contributed by atoms with E-state index in [2.05, 4.69) is 26.8 Å². The van der Waals surface area contributed by atoms with E-state index in [0.29, 0.717) is 0 Å². The molecule has 0 fully saturated rings. The van der Waals surface area contributed by atoms with Gasteiger partial charge in [-0.05, 0) is 29.5 Å². The molecule has 0 spiro atoms. The van der Waals surface area contributed by atoms with E-state index in [0.717, 1.165) is 16.9 Å². The van der Waals surface area contributed by atoms with Gasteiger partial charge in [-0.15, -0.1) is 0 Å². The fourth-order valence-electron chi connectivity index (χ4n) is 2.27. The SMILES string of the molecule is Cc1ccc(C(O)COc2ccccc2C(C)(C)C)cc1. The fraction of sp³-hybridized carbons (Fsp3) is 0.368. The van der Waals surface area contributed by atoms with E-state index in [-0.39, 0.29) is 12.0 Å². The van der Waals surface area contributed by atoms with Crippen molar-refractivity contribution in [3.05, 3.63) is 65.2 Å². The lowest BCUT2D eigenvalue weighted by Crippen LogP contribution is -2.16. The molecule has 1 atom stereocenters. The van der Waals surface area contributed by atoms with Crippen molar-refractivity contribution in [1.82, 2.24) is 0 Å². The second-order valence-electron chi connectivity index (χ2n) is 6.48.